The van der Waals surface area contributed by atoms with Crippen LogP contribution in [0.3, 0.4) is 0 Å². The van der Waals surface area contributed by atoms with Crippen LogP contribution in [0.2, 0.25) is 0 Å². The molecule has 0 amide bonds. The molecule has 0 radical (unpaired) electrons. The van der Waals surface area contributed by atoms with Crippen molar-refractivity contribution in [2.75, 3.05) is 0 Å². The van der Waals surface area contributed by atoms with E-state index >= 15 is 0 Å². The van der Waals surface area contributed by atoms with Crippen LogP contribution in [0.15, 0.2) is 5.16 Å². The van der Waals surface area contributed by atoms with E-state index in [4.69, 9.17) is 16.4 Å². The number of hydrogen-bond donors (Lipinski definition) is 0. The maximum absolute atomic E-state index is 14.3. The molecule has 0 bridgehead atoms. The molecule has 1 aliphatic rings. The lowest BCUT2D eigenvalue weighted by Gasteiger charge is -2.23. The SMILES string of the molecule is Cc1nc(C(C)(Cl)S(=O)(=O)C2=NOC(C)(C)C2F)n(C)n1. The monoisotopic (exact) mass is 338 g/mol. The third-order valence-corrected chi connectivity index (χ3v) is 6.05. The van der Waals surface area contributed by atoms with Gasteiger partial charge in [0.1, 0.15) is 5.82 Å². The Hall–Kier alpha value is -1.22. The molecule has 21 heavy (non-hydrogen) atoms. The Kier molecular flexibility index (Phi) is 3.57. The highest BCUT2D eigenvalue weighted by atomic mass is 35.5. The lowest BCUT2D eigenvalue weighted by Crippen LogP contribution is -2.43. The first kappa shape index (κ1) is 16.2. The molecule has 0 aromatic carbocycles. The summed E-state index contributed by atoms with van der Waals surface area (Å²) in [5.41, 5.74) is -1.36. The highest BCUT2D eigenvalue weighted by molar-refractivity contribution is 8.08. The van der Waals surface area contributed by atoms with E-state index in [1.54, 1.807) is 6.92 Å². The highest BCUT2D eigenvalue weighted by Gasteiger charge is 2.55. The molecule has 1 aromatic heterocycles. The third-order valence-electron chi connectivity index (χ3n) is 3.25. The second-order valence-corrected chi connectivity index (χ2v) is 8.73. The maximum atomic E-state index is 14.3. The van der Waals surface area contributed by atoms with Crippen LogP contribution in [-0.4, -0.2) is 40.0 Å². The Morgan fingerprint density at radius 3 is 2.43 bits per heavy atom. The van der Waals surface area contributed by atoms with Crippen LogP contribution in [0.1, 0.15) is 32.4 Å². The minimum absolute atomic E-state index is 0.0127. The molecule has 7 nitrogen and oxygen atoms in total. The summed E-state index contributed by atoms with van der Waals surface area (Å²) in [4.78, 5) is 8.85. The quantitative estimate of drug-likeness (QED) is 0.761. The number of oxime groups is 1. The van der Waals surface area contributed by atoms with Crippen molar-refractivity contribution in [2.45, 2.75) is 43.7 Å². The Labute approximate surface area is 127 Å². The Balaban J connectivity index is 2.52. The summed E-state index contributed by atoms with van der Waals surface area (Å²) in [6.07, 6.45) is -1.91. The zero-order valence-corrected chi connectivity index (χ0v) is 13.8. The van der Waals surface area contributed by atoms with Crippen LogP contribution in [0, 0.1) is 6.92 Å². The molecule has 0 saturated heterocycles. The molecule has 0 spiro atoms. The number of sulfone groups is 1. The van der Waals surface area contributed by atoms with Crippen molar-refractivity contribution in [3.63, 3.8) is 0 Å². The zero-order valence-electron chi connectivity index (χ0n) is 12.3. The summed E-state index contributed by atoms with van der Waals surface area (Å²) >= 11 is 6.20. The Morgan fingerprint density at radius 2 is 2.05 bits per heavy atom. The van der Waals surface area contributed by atoms with Gasteiger partial charge in [-0.05, 0) is 27.7 Å². The second-order valence-electron chi connectivity index (χ2n) is 5.51. The molecule has 0 N–H and O–H groups in total. The first-order valence-corrected chi connectivity index (χ1v) is 7.99. The molecule has 0 aliphatic carbocycles. The van der Waals surface area contributed by atoms with Gasteiger partial charge in [-0.25, -0.2) is 17.8 Å². The van der Waals surface area contributed by atoms with Crippen LogP contribution in [0.5, 0.6) is 0 Å². The molecule has 0 fully saturated rings. The van der Waals surface area contributed by atoms with Crippen molar-refractivity contribution in [3.8, 4) is 0 Å². The van der Waals surface area contributed by atoms with E-state index in [1.165, 1.54) is 32.5 Å². The molecular weight excluding hydrogens is 323 g/mol. The van der Waals surface area contributed by atoms with E-state index in [1.807, 2.05) is 0 Å². The summed E-state index contributed by atoms with van der Waals surface area (Å²) < 4.78 is 38.8. The molecule has 1 aromatic rings. The number of aryl methyl sites for hydroxylation is 2. The van der Waals surface area contributed by atoms with E-state index < -0.39 is 30.9 Å². The summed E-state index contributed by atoms with van der Waals surface area (Å²) in [6, 6.07) is 0. The second kappa shape index (κ2) is 4.64. The van der Waals surface area contributed by atoms with E-state index in [-0.39, 0.29) is 5.82 Å². The minimum atomic E-state index is -4.33. The molecule has 2 atom stereocenters. The third kappa shape index (κ3) is 2.32. The highest BCUT2D eigenvalue weighted by Crippen LogP contribution is 2.39. The van der Waals surface area contributed by atoms with Gasteiger partial charge in [0.25, 0.3) is 0 Å². The molecule has 2 rings (SSSR count). The van der Waals surface area contributed by atoms with Gasteiger partial charge >= 0.3 is 0 Å². The fourth-order valence-electron chi connectivity index (χ4n) is 1.96. The van der Waals surface area contributed by atoms with Crippen LogP contribution in [-0.2, 0) is 25.9 Å². The average molecular weight is 339 g/mol. The van der Waals surface area contributed by atoms with E-state index in [2.05, 4.69) is 15.2 Å². The van der Waals surface area contributed by atoms with Gasteiger partial charge in [0, 0.05) is 7.05 Å². The van der Waals surface area contributed by atoms with Crippen molar-refractivity contribution in [3.05, 3.63) is 11.6 Å². The number of alkyl halides is 2. The van der Waals surface area contributed by atoms with E-state index in [9.17, 15) is 12.8 Å². The Morgan fingerprint density at radius 1 is 1.48 bits per heavy atom. The number of nitrogens with zero attached hydrogens (tertiary/aromatic N) is 4. The first-order valence-electron chi connectivity index (χ1n) is 6.13. The van der Waals surface area contributed by atoms with Gasteiger partial charge in [-0.2, -0.15) is 5.10 Å². The van der Waals surface area contributed by atoms with Crippen LogP contribution in [0.25, 0.3) is 0 Å². The van der Waals surface area contributed by atoms with Gasteiger partial charge in [0.15, 0.2) is 17.6 Å². The van der Waals surface area contributed by atoms with Gasteiger partial charge < -0.3 is 4.84 Å². The van der Waals surface area contributed by atoms with Gasteiger partial charge in [-0.15, -0.1) is 0 Å². The topological polar surface area (TPSA) is 86.4 Å². The molecule has 2 heterocycles. The molecule has 118 valence electrons. The molecule has 1 aliphatic heterocycles. The lowest BCUT2D eigenvalue weighted by molar-refractivity contribution is -0.0232. The van der Waals surface area contributed by atoms with Crippen LogP contribution in [0.4, 0.5) is 4.39 Å². The van der Waals surface area contributed by atoms with Crippen LogP contribution >= 0.6 is 11.6 Å². The van der Waals surface area contributed by atoms with Crippen molar-refractivity contribution in [1.82, 2.24) is 14.8 Å². The number of halogens is 2. The number of hydrogen-bond acceptors (Lipinski definition) is 6. The molecule has 10 heteroatoms. The molecular formula is C11H16ClFN4O3S. The predicted octanol–water partition coefficient (Wildman–Crippen LogP) is 1.41. The minimum Gasteiger partial charge on any atom is -0.385 e. The Bertz CT molecular complexity index is 711. The largest absolute Gasteiger partial charge is 0.385 e. The standard InChI is InChI=1S/C11H16ClFN4O3S/c1-6-14-9(17(5)15-6)11(4,12)21(18,19)8-7(13)10(2,3)20-16-8/h7H,1-5H3. The molecule has 2 unspecified atom stereocenters. The summed E-state index contributed by atoms with van der Waals surface area (Å²) in [5.74, 6) is 0.345. The predicted molar refractivity (Wildman–Crippen MR) is 75.4 cm³/mol. The average Bonchev–Trinajstić information content (AvgIpc) is 2.80. The van der Waals surface area contributed by atoms with Crippen molar-refractivity contribution in [2.24, 2.45) is 12.2 Å². The normalized spacial score (nSPS) is 24.3. The van der Waals surface area contributed by atoms with Crippen LogP contribution < -0.4 is 0 Å². The fourth-order valence-corrected chi connectivity index (χ4v) is 3.86. The van der Waals surface area contributed by atoms with Crippen molar-refractivity contribution < 1.29 is 17.6 Å². The van der Waals surface area contributed by atoms with E-state index in [0.29, 0.717) is 5.82 Å². The summed E-state index contributed by atoms with van der Waals surface area (Å²) in [7, 11) is -2.82. The van der Waals surface area contributed by atoms with Crippen molar-refractivity contribution >= 4 is 26.5 Å². The summed E-state index contributed by atoms with van der Waals surface area (Å²) in [5, 5.41) is 6.61. The van der Waals surface area contributed by atoms with Gasteiger partial charge in [0.2, 0.25) is 19.1 Å². The lowest BCUT2D eigenvalue weighted by atomic mass is 10.1. The van der Waals surface area contributed by atoms with Gasteiger partial charge in [-0.3, -0.25) is 4.68 Å². The number of rotatable bonds is 2. The van der Waals surface area contributed by atoms with Crippen molar-refractivity contribution in [1.29, 1.82) is 0 Å². The fraction of sp³-hybridized carbons (Fsp3) is 0.727. The first-order chi connectivity index (χ1) is 9.41. The molecule has 0 saturated carbocycles. The smallest absolute Gasteiger partial charge is 0.224 e. The van der Waals surface area contributed by atoms with Gasteiger partial charge in [0.05, 0.1) is 0 Å². The van der Waals surface area contributed by atoms with E-state index in [0.717, 1.165) is 0 Å². The number of aromatic nitrogens is 3. The maximum Gasteiger partial charge on any atom is 0.224 e. The zero-order chi connectivity index (χ0) is 16.2. The van der Waals surface area contributed by atoms with Gasteiger partial charge in [-0.1, -0.05) is 16.8 Å². The summed E-state index contributed by atoms with van der Waals surface area (Å²) in [6.45, 7) is 5.62.